The van der Waals surface area contributed by atoms with E-state index in [9.17, 15) is 4.79 Å². The number of ether oxygens (including phenoxy) is 1. The van der Waals surface area contributed by atoms with Crippen LogP contribution in [-0.2, 0) is 14.9 Å². The summed E-state index contributed by atoms with van der Waals surface area (Å²) in [6.45, 7) is 0.405. The maximum Gasteiger partial charge on any atom is 0.231 e. The van der Waals surface area contributed by atoms with Gasteiger partial charge in [-0.15, -0.1) is 11.3 Å². The number of hydrogen-bond acceptors (Lipinski definition) is 4. The van der Waals surface area contributed by atoms with Crippen molar-refractivity contribution >= 4 is 28.2 Å². The molecule has 1 atom stereocenters. The molecule has 4 nitrogen and oxygen atoms in total. The van der Waals surface area contributed by atoms with Crippen molar-refractivity contribution in [2.75, 3.05) is 13.7 Å². The Balaban J connectivity index is 1.50. The predicted octanol–water partition coefficient (Wildman–Crippen LogP) is 4.81. The average molecular weight is 369 g/mol. The minimum atomic E-state index is -0.375. The molecule has 1 saturated carbocycles. The number of methoxy groups -OCH3 is 1. The molecule has 0 radical (unpaired) electrons. The number of hydrogen-bond donors (Lipinski definition) is 1. The minimum absolute atomic E-state index is 0.107. The van der Waals surface area contributed by atoms with E-state index in [0.717, 1.165) is 42.4 Å². The molecule has 0 saturated heterocycles. The van der Waals surface area contributed by atoms with Crippen molar-refractivity contribution in [3.05, 3.63) is 58.5 Å². The van der Waals surface area contributed by atoms with Crippen molar-refractivity contribution in [3.63, 3.8) is 0 Å². The van der Waals surface area contributed by atoms with Crippen molar-refractivity contribution in [2.24, 2.45) is 0 Å². The summed E-state index contributed by atoms with van der Waals surface area (Å²) in [6.07, 6.45) is 3.74. The monoisotopic (exact) mass is 369 g/mol. The smallest absolute Gasteiger partial charge is 0.231 e. The summed E-state index contributed by atoms with van der Waals surface area (Å²) >= 11 is 1.68. The summed E-state index contributed by atoms with van der Waals surface area (Å²) in [5.41, 5.74) is 0.460. The van der Waals surface area contributed by atoms with Gasteiger partial charge in [0, 0.05) is 17.4 Å². The highest BCUT2D eigenvalue weighted by Gasteiger charge is 2.43. The Hall–Kier alpha value is -2.11. The SMILES string of the molecule is COC(CNC(=O)C1(c2cccs2)CCCC1)c1cc2ccccc2o1. The number of thiophene rings is 1. The van der Waals surface area contributed by atoms with Gasteiger partial charge in [-0.25, -0.2) is 0 Å². The topological polar surface area (TPSA) is 51.5 Å². The molecule has 136 valence electrons. The summed E-state index contributed by atoms with van der Waals surface area (Å²) in [6, 6.07) is 14.0. The highest BCUT2D eigenvalue weighted by atomic mass is 32.1. The Bertz CT molecular complexity index is 845. The molecule has 0 bridgehead atoms. The molecule has 4 rings (SSSR count). The number of benzene rings is 1. The molecular weight excluding hydrogens is 346 g/mol. The van der Waals surface area contributed by atoms with Gasteiger partial charge in [0.1, 0.15) is 17.4 Å². The molecule has 1 aliphatic rings. The summed E-state index contributed by atoms with van der Waals surface area (Å²) in [5.74, 6) is 0.848. The fourth-order valence-electron chi connectivity index (χ4n) is 3.93. The van der Waals surface area contributed by atoms with Crippen LogP contribution in [0.25, 0.3) is 11.0 Å². The van der Waals surface area contributed by atoms with Crippen LogP contribution in [0, 0.1) is 0 Å². The van der Waals surface area contributed by atoms with Crippen molar-refractivity contribution in [1.29, 1.82) is 0 Å². The van der Waals surface area contributed by atoms with Gasteiger partial charge in [-0.1, -0.05) is 37.1 Å². The summed E-state index contributed by atoms with van der Waals surface area (Å²) in [5, 5.41) is 6.22. The number of rotatable bonds is 6. The largest absolute Gasteiger partial charge is 0.458 e. The first kappa shape index (κ1) is 17.3. The van der Waals surface area contributed by atoms with Crippen LogP contribution in [0.15, 0.2) is 52.3 Å². The number of fused-ring (bicyclic) bond motifs is 1. The van der Waals surface area contributed by atoms with Crippen LogP contribution < -0.4 is 5.32 Å². The molecule has 3 aromatic rings. The van der Waals surface area contributed by atoms with Gasteiger partial charge < -0.3 is 14.5 Å². The highest BCUT2D eigenvalue weighted by molar-refractivity contribution is 7.10. The fourth-order valence-corrected chi connectivity index (χ4v) is 4.91. The first-order valence-electron chi connectivity index (χ1n) is 9.06. The Labute approximate surface area is 157 Å². The number of amides is 1. The Morgan fingerprint density at radius 2 is 2.08 bits per heavy atom. The Morgan fingerprint density at radius 3 is 2.77 bits per heavy atom. The van der Waals surface area contributed by atoms with Gasteiger partial charge in [-0.2, -0.15) is 0 Å². The maximum atomic E-state index is 13.1. The van der Waals surface area contributed by atoms with Gasteiger partial charge >= 0.3 is 0 Å². The first-order chi connectivity index (χ1) is 12.7. The van der Waals surface area contributed by atoms with Crippen molar-refractivity contribution in [2.45, 2.75) is 37.2 Å². The molecule has 1 aliphatic carbocycles. The van der Waals surface area contributed by atoms with Gasteiger partial charge in [-0.05, 0) is 36.4 Å². The number of carbonyl (C=O) groups excluding carboxylic acids is 1. The van der Waals surface area contributed by atoms with E-state index < -0.39 is 0 Å². The van der Waals surface area contributed by atoms with E-state index >= 15 is 0 Å². The molecule has 2 aromatic heterocycles. The number of nitrogens with one attached hydrogen (secondary N) is 1. The van der Waals surface area contributed by atoms with E-state index in [1.54, 1.807) is 18.4 Å². The third-order valence-electron chi connectivity index (χ3n) is 5.38. The van der Waals surface area contributed by atoms with Crippen LogP contribution in [0.4, 0.5) is 0 Å². The third kappa shape index (κ3) is 3.06. The lowest BCUT2D eigenvalue weighted by molar-refractivity contribution is -0.127. The second-order valence-electron chi connectivity index (χ2n) is 6.89. The molecule has 1 N–H and O–H groups in total. The van der Waals surface area contributed by atoms with E-state index in [-0.39, 0.29) is 17.4 Å². The lowest BCUT2D eigenvalue weighted by atomic mass is 9.83. The molecule has 2 heterocycles. The second kappa shape index (κ2) is 7.25. The molecule has 1 unspecified atom stereocenters. The van der Waals surface area contributed by atoms with Gasteiger partial charge in [0.05, 0.1) is 12.0 Å². The molecule has 0 spiro atoms. The maximum absolute atomic E-state index is 13.1. The Morgan fingerprint density at radius 1 is 1.27 bits per heavy atom. The highest BCUT2D eigenvalue weighted by Crippen LogP contribution is 2.43. The zero-order valence-electron chi connectivity index (χ0n) is 14.9. The quantitative estimate of drug-likeness (QED) is 0.678. The van der Waals surface area contributed by atoms with Crippen LogP contribution in [0.1, 0.15) is 42.4 Å². The molecule has 0 aliphatic heterocycles. The van der Waals surface area contributed by atoms with Gasteiger partial charge in [0.2, 0.25) is 5.91 Å². The van der Waals surface area contributed by atoms with Crippen LogP contribution in [0.5, 0.6) is 0 Å². The zero-order valence-corrected chi connectivity index (χ0v) is 15.7. The number of furan rings is 1. The molecule has 5 heteroatoms. The molecule has 1 fully saturated rings. The first-order valence-corrected chi connectivity index (χ1v) is 9.94. The van der Waals surface area contributed by atoms with E-state index in [4.69, 9.17) is 9.15 Å². The molecule has 1 amide bonds. The average Bonchev–Trinajstić information content (AvgIpc) is 3.41. The van der Waals surface area contributed by atoms with Gasteiger partial charge in [-0.3, -0.25) is 4.79 Å². The molecular formula is C21H23NO3S. The molecule has 1 aromatic carbocycles. The number of para-hydroxylation sites is 1. The predicted molar refractivity (Wildman–Crippen MR) is 103 cm³/mol. The van der Waals surface area contributed by atoms with Crippen LogP contribution in [-0.4, -0.2) is 19.6 Å². The van der Waals surface area contributed by atoms with E-state index in [1.807, 2.05) is 36.4 Å². The second-order valence-corrected chi connectivity index (χ2v) is 7.84. The fraction of sp³-hybridized carbons (Fsp3) is 0.381. The minimum Gasteiger partial charge on any atom is -0.458 e. The summed E-state index contributed by atoms with van der Waals surface area (Å²) in [4.78, 5) is 14.3. The lowest BCUT2D eigenvalue weighted by Gasteiger charge is -2.27. The standard InChI is InChI=1S/C21H23NO3S/c1-24-18(17-13-15-7-2-3-8-16(15)25-17)14-22-20(23)21(10-4-5-11-21)19-9-6-12-26-19/h2-3,6-9,12-13,18H,4-5,10-11,14H2,1H3,(H,22,23). The van der Waals surface area contributed by atoms with Crippen molar-refractivity contribution in [3.8, 4) is 0 Å². The van der Waals surface area contributed by atoms with E-state index in [2.05, 4.69) is 16.8 Å². The number of carbonyl (C=O) groups is 1. The van der Waals surface area contributed by atoms with E-state index in [1.165, 1.54) is 4.88 Å². The van der Waals surface area contributed by atoms with E-state index in [0.29, 0.717) is 6.54 Å². The van der Waals surface area contributed by atoms with Crippen LogP contribution >= 0.6 is 11.3 Å². The normalized spacial score (nSPS) is 17.4. The van der Waals surface area contributed by atoms with Crippen LogP contribution in [0.2, 0.25) is 0 Å². The van der Waals surface area contributed by atoms with Crippen LogP contribution in [0.3, 0.4) is 0 Å². The van der Waals surface area contributed by atoms with Gasteiger partial charge in [0.25, 0.3) is 0 Å². The summed E-state index contributed by atoms with van der Waals surface area (Å²) in [7, 11) is 1.65. The van der Waals surface area contributed by atoms with Crippen molar-refractivity contribution < 1.29 is 13.9 Å². The molecule has 26 heavy (non-hydrogen) atoms. The van der Waals surface area contributed by atoms with Crippen molar-refractivity contribution in [1.82, 2.24) is 5.32 Å². The Kier molecular flexibility index (Phi) is 4.83. The third-order valence-corrected chi connectivity index (χ3v) is 6.45. The zero-order chi connectivity index (χ0) is 18.0. The summed E-state index contributed by atoms with van der Waals surface area (Å²) < 4.78 is 11.5. The van der Waals surface area contributed by atoms with Gasteiger partial charge in [0.15, 0.2) is 0 Å². The lowest BCUT2D eigenvalue weighted by Crippen LogP contribution is -2.43.